The van der Waals surface area contributed by atoms with Gasteiger partial charge in [-0.05, 0) is 54.7 Å². The Morgan fingerprint density at radius 3 is 2.62 bits per heavy atom. The average molecular weight is 508 g/mol. The Morgan fingerprint density at radius 2 is 2.00 bits per heavy atom. The zero-order valence-electron chi connectivity index (χ0n) is 19.7. The van der Waals surface area contributed by atoms with Crippen molar-refractivity contribution in [2.45, 2.75) is 53.4 Å². The topological polar surface area (TPSA) is 94.3 Å². The molecule has 6 nitrogen and oxygen atoms in total. The average Bonchev–Trinajstić information content (AvgIpc) is 3.29. The van der Waals surface area contributed by atoms with Crippen LogP contribution in [0, 0.1) is 18.3 Å². The van der Waals surface area contributed by atoms with E-state index in [0.717, 1.165) is 41.0 Å². The number of hydrogen-bond acceptors (Lipinski definition) is 7. The zero-order chi connectivity index (χ0) is 24.9. The van der Waals surface area contributed by atoms with E-state index in [4.69, 9.17) is 10.5 Å². The van der Waals surface area contributed by atoms with Crippen molar-refractivity contribution in [2.24, 2.45) is 11.3 Å². The van der Waals surface area contributed by atoms with Crippen LogP contribution in [0.5, 0.6) is 0 Å². The van der Waals surface area contributed by atoms with Gasteiger partial charge >= 0.3 is 5.97 Å². The van der Waals surface area contributed by atoms with Crippen LogP contribution in [-0.2, 0) is 17.6 Å². The van der Waals surface area contributed by atoms with E-state index in [9.17, 15) is 18.4 Å². The molecule has 4 rings (SSSR count). The number of nitrogen functional groups attached to an aromatic ring is 1. The van der Waals surface area contributed by atoms with E-state index >= 15 is 0 Å². The summed E-state index contributed by atoms with van der Waals surface area (Å²) < 4.78 is 31.4. The van der Waals surface area contributed by atoms with Crippen LogP contribution in [0.3, 0.4) is 0 Å². The lowest BCUT2D eigenvalue weighted by atomic mass is 9.72. The van der Waals surface area contributed by atoms with Crippen molar-refractivity contribution in [3.05, 3.63) is 38.2 Å². The van der Waals surface area contributed by atoms with Crippen LogP contribution in [-0.4, -0.2) is 24.0 Å². The molecule has 34 heavy (non-hydrogen) atoms. The Kier molecular flexibility index (Phi) is 6.41. The smallest absolute Gasteiger partial charge is 0.341 e. The van der Waals surface area contributed by atoms with Gasteiger partial charge in [0.15, 0.2) is 0 Å². The summed E-state index contributed by atoms with van der Waals surface area (Å²) in [4.78, 5) is 31.4. The van der Waals surface area contributed by atoms with Gasteiger partial charge in [-0.15, -0.1) is 22.7 Å². The van der Waals surface area contributed by atoms with Gasteiger partial charge in [-0.2, -0.15) is 0 Å². The molecule has 0 spiro atoms. The zero-order valence-corrected chi connectivity index (χ0v) is 21.3. The monoisotopic (exact) mass is 507 g/mol. The molecule has 10 heteroatoms. The number of thiophene rings is 2. The van der Waals surface area contributed by atoms with Gasteiger partial charge in [0, 0.05) is 10.3 Å². The van der Waals surface area contributed by atoms with Gasteiger partial charge in [-0.1, -0.05) is 20.8 Å². The molecule has 0 aromatic carbocycles. The van der Waals surface area contributed by atoms with Gasteiger partial charge in [0.2, 0.25) is 0 Å². The normalized spacial score (nSPS) is 16.1. The van der Waals surface area contributed by atoms with Gasteiger partial charge in [-0.3, -0.25) is 4.79 Å². The van der Waals surface area contributed by atoms with Crippen molar-refractivity contribution >= 4 is 55.5 Å². The van der Waals surface area contributed by atoms with E-state index in [1.165, 1.54) is 24.5 Å². The Morgan fingerprint density at radius 1 is 1.29 bits per heavy atom. The number of methoxy groups -OCH3 is 1. The highest BCUT2D eigenvalue weighted by Gasteiger charge is 2.34. The second-order valence-electron chi connectivity index (χ2n) is 9.65. The third kappa shape index (κ3) is 4.29. The third-order valence-corrected chi connectivity index (χ3v) is 8.72. The number of nitrogens with one attached hydrogen (secondary N) is 1. The van der Waals surface area contributed by atoms with Gasteiger partial charge in [0.05, 0.1) is 18.4 Å². The van der Waals surface area contributed by atoms with E-state index in [0.29, 0.717) is 27.4 Å². The molecule has 182 valence electrons. The van der Waals surface area contributed by atoms with Crippen molar-refractivity contribution in [3.8, 4) is 0 Å². The molecule has 1 aliphatic rings. The number of aromatic nitrogens is 1. The highest BCUT2D eigenvalue weighted by atomic mass is 32.1. The number of alkyl halides is 2. The number of carbonyl (C=O) groups is 2. The molecule has 1 atom stereocenters. The first-order valence-corrected chi connectivity index (χ1v) is 12.6. The van der Waals surface area contributed by atoms with Crippen molar-refractivity contribution in [3.63, 3.8) is 0 Å². The molecule has 3 heterocycles. The number of halogens is 2. The molecule has 0 bridgehead atoms. The van der Waals surface area contributed by atoms with E-state index < -0.39 is 18.3 Å². The lowest BCUT2D eigenvalue weighted by Crippen LogP contribution is -2.26. The van der Waals surface area contributed by atoms with Crippen molar-refractivity contribution in [1.29, 1.82) is 0 Å². The number of rotatable bonds is 4. The fraction of sp³-hybridized carbons (Fsp3) is 0.458. The maximum absolute atomic E-state index is 13.2. The lowest BCUT2D eigenvalue weighted by Gasteiger charge is -2.33. The molecular formula is C24H27F2N3O3S2. The minimum Gasteiger partial charge on any atom is -0.465 e. The van der Waals surface area contributed by atoms with Gasteiger partial charge in [-0.25, -0.2) is 18.6 Å². The number of amides is 1. The van der Waals surface area contributed by atoms with Crippen LogP contribution in [0.15, 0.2) is 6.07 Å². The number of anilines is 2. The summed E-state index contributed by atoms with van der Waals surface area (Å²) in [5, 5.41) is 3.76. The minimum absolute atomic E-state index is 0.129. The number of ether oxygens (including phenoxy) is 1. The SMILES string of the molecule is COC(=O)c1c(NC(=O)c2sc3nc(C(F)F)cc(C)c3c2N)sc2c1CC[C@@H](C(C)(C)C)C2. The number of aryl methyl sites for hydroxylation is 1. The number of nitrogens with two attached hydrogens (primary N) is 1. The van der Waals surface area contributed by atoms with Crippen LogP contribution in [0.25, 0.3) is 10.2 Å². The van der Waals surface area contributed by atoms with Crippen LogP contribution in [0.4, 0.5) is 19.5 Å². The number of nitrogens with zero attached hydrogens (tertiary/aromatic N) is 1. The van der Waals surface area contributed by atoms with E-state index in [1.54, 1.807) is 6.92 Å². The minimum atomic E-state index is -2.72. The van der Waals surface area contributed by atoms with Crippen LogP contribution < -0.4 is 11.1 Å². The molecule has 0 saturated heterocycles. The molecule has 3 N–H and O–H groups in total. The summed E-state index contributed by atoms with van der Waals surface area (Å²) in [5.41, 5.74) is 8.05. The second-order valence-corrected chi connectivity index (χ2v) is 11.8. The number of esters is 1. The molecule has 1 aliphatic carbocycles. The lowest BCUT2D eigenvalue weighted by molar-refractivity contribution is 0.0600. The second kappa shape index (κ2) is 8.88. The number of hydrogen-bond donors (Lipinski definition) is 2. The van der Waals surface area contributed by atoms with Crippen molar-refractivity contribution in [1.82, 2.24) is 4.98 Å². The number of pyridine rings is 1. The van der Waals surface area contributed by atoms with E-state index in [1.807, 2.05) is 0 Å². The molecule has 0 radical (unpaired) electrons. The summed E-state index contributed by atoms with van der Waals surface area (Å²) in [5.74, 6) is -0.538. The maximum atomic E-state index is 13.2. The Labute approximate surface area is 204 Å². The number of carbonyl (C=O) groups excluding carboxylic acids is 2. The standard InChI is InChI=1S/C24H27F2N3O3S2/c1-10-8-13(19(25)26)28-21-15(10)17(27)18(34-21)20(30)29-22-16(23(31)32-5)12-7-6-11(24(2,3)4)9-14(12)33-22/h8,11,19H,6-7,9,27H2,1-5H3,(H,29,30)/t11-/m1/s1. The Balaban J connectivity index is 1.72. The molecule has 0 saturated carbocycles. The quantitative estimate of drug-likeness (QED) is 0.400. The highest BCUT2D eigenvalue weighted by molar-refractivity contribution is 7.21. The molecule has 3 aromatic rings. The van der Waals surface area contributed by atoms with E-state index in [2.05, 4.69) is 31.1 Å². The van der Waals surface area contributed by atoms with Crippen LogP contribution in [0.2, 0.25) is 0 Å². The van der Waals surface area contributed by atoms with Crippen LogP contribution in [0.1, 0.15) is 75.3 Å². The fourth-order valence-corrected chi connectivity index (χ4v) is 6.89. The first kappa shape index (κ1) is 24.5. The molecule has 0 fully saturated rings. The number of fused-ring (bicyclic) bond motifs is 2. The molecule has 3 aromatic heterocycles. The first-order chi connectivity index (χ1) is 15.9. The van der Waals surface area contributed by atoms with Gasteiger partial charge < -0.3 is 15.8 Å². The highest BCUT2D eigenvalue weighted by Crippen LogP contribution is 2.45. The van der Waals surface area contributed by atoms with E-state index in [-0.39, 0.29) is 26.5 Å². The maximum Gasteiger partial charge on any atom is 0.341 e. The van der Waals surface area contributed by atoms with Crippen molar-refractivity contribution < 1.29 is 23.1 Å². The summed E-state index contributed by atoms with van der Waals surface area (Å²) in [6, 6.07) is 1.28. The Bertz CT molecular complexity index is 1290. The molecular weight excluding hydrogens is 480 g/mol. The summed E-state index contributed by atoms with van der Waals surface area (Å²) in [7, 11) is 1.32. The summed E-state index contributed by atoms with van der Waals surface area (Å²) in [6.07, 6.45) is -0.210. The molecule has 0 unspecified atom stereocenters. The van der Waals surface area contributed by atoms with Crippen molar-refractivity contribution in [2.75, 3.05) is 18.2 Å². The predicted molar refractivity (Wildman–Crippen MR) is 132 cm³/mol. The third-order valence-electron chi connectivity index (χ3n) is 6.45. The Hall–Kier alpha value is -2.59. The fourth-order valence-electron chi connectivity index (χ4n) is 4.51. The predicted octanol–water partition coefficient (Wildman–Crippen LogP) is 6.38. The molecule has 0 aliphatic heterocycles. The largest absolute Gasteiger partial charge is 0.465 e. The molecule has 1 amide bonds. The summed E-state index contributed by atoms with van der Waals surface area (Å²) >= 11 is 2.35. The van der Waals surface area contributed by atoms with Gasteiger partial charge in [0.1, 0.15) is 20.4 Å². The van der Waals surface area contributed by atoms with Gasteiger partial charge in [0.25, 0.3) is 12.3 Å². The summed E-state index contributed by atoms with van der Waals surface area (Å²) in [6.45, 7) is 8.29. The van der Waals surface area contributed by atoms with Crippen LogP contribution >= 0.6 is 22.7 Å². The first-order valence-electron chi connectivity index (χ1n) is 10.9.